The van der Waals surface area contributed by atoms with Crippen LogP contribution in [0.25, 0.3) is 0 Å². The second-order valence-electron chi connectivity index (χ2n) is 4.86. The van der Waals surface area contributed by atoms with Crippen LogP contribution in [-0.2, 0) is 23.0 Å². The van der Waals surface area contributed by atoms with Crippen molar-refractivity contribution in [2.24, 2.45) is 0 Å². The van der Waals surface area contributed by atoms with Gasteiger partial charge in [0.25, 0.3) is 0 Å². The Morgan fingerprint density at radius 3 is 2.90 bits per heavy atom. The van der Waals surface area contributed by atoms with Gasteiger partial charge in [-0.2, -0.15) is 4.31 Å². The van der Waals surface area contributed by atoms with Crippen LogP contribution in [-0.4, -0.2) is 26.4 Å². The Balaban J connectivity index is 1.94. The van der Waals surface area contributed by atoms with Crippen LogP contribution in [0.5, 0.6) is 5.75 Å². The molecule has 5 nitrogen and oxygen atoms in total. The molecule has 0 saturated carbocycles. The number of nitrogen functional groups attached to an aromatic ring is 1. The molecule has 0 bridgehead atoms. The fourth-order valence-electron chi connectivity index (χ4n) is 2.43. The quantitative estimate of drug-likeness (QED) is 0.878. The molecule has 0 fully saturated rings. The number of methoxy groups -OCH3 is 1. The standard InChI is InChI=1S/C14H16N2O3S2/c1-19-13-8-11(2-3-12(13)15)21(17,18)16-6-4-14-10(9-16)5-7-20-14/h2-3,5,7-8H,4,6,9,15H2,1H3. The van der Waals surface area contributed by atoms with Crippen LogP contribution < -0.4 is 10.5 Å². The van der Waals surface area contributed by atoms with Gasteiger partial charge in [-0.25, -0.2) is 8.42 Å². The Hall–Kier alpha value is -1.57. The number of hydrogen-bond acceptors (Lipinski definition) is 5. The fraction of sp³-hybridized carbons (Fsp3) is 0.286. The zero-order valence-electron chi connectivity index (χ0n) is 11.6. The normalized spacial score (nSPS) is 15.7. The van der Waals surface area contributed by atoms with Crippen LogP contribution in [0, 0.1) is 0 Å². The number of hydrogen-bond donors (Lipinski definition) is 1. The predicted molar refractivity (Wildman–Crippen MR) is 83.0 cm³/mol. The van der Waals surface area contributed by atoms with Crippen molar-refractivity contribution in [3.63, 3.8) is 0 Å². The first-order valence-corrected chi connectivity index (χ1v) is 8.83. The van der Waals surface area contributed by atoms with Gasteiger partial charge in [-0.15, -0.1) is 11.3 Å². The van der Waals surface area contributed by atoms with E-state index >= 15 is 0 Å². The summed E-state index contributed by atoms with van der Waals surface area (Å²) < 4.78 is 32.1. The summed E-state index contributed by atoms with van der Waals surface area (Å²) in [6.07, 6.45) is 0.762. The van der Waals surface area contributed by atoms with Crippen molar-refractivity contribution >= 4 is 27.0 Å². The molecule has 0 radical (unpaired) electrons. The summed E-state index contributed by atoms with van der Waals surface area (Å²) in [6.45, 7) is 0.927. The first-order chi connectivity index (χ1) is 10.0. The van der Waals surface area contributed by atoms with Crippen LogP contribution in [0.1, 0.15) is 10.4 Å². The van der Waals surface area contributed by atoms with E-state index < -0.39 is 10.0 Å². The maximum atomic E-state index is 12.7. The highest BCUT2D eigenvalue weighted by Gasteiger charge is 2.29. The van der Waals surface area contributed by atoms with E-state index in [2.05, 4.69) is 0 Å². The molecule has 21 heavy (non-hydrogen) atoms. The van der Waals surface area contributed by atoms with Crippen molar-refractivity contribution in [3.05, 3.63) is 40.1 Å². The van der Waals surface area contributed by atoms with Gasteiger partial charge >= 0.3 is 0 Å². The van der Waals surface area contributed by atoms with E-state index in [4.69, 9.17) is 10.5 Å². The van der Waals surface area contributed by atoms with Crippen LogP contribution in [0.15, 0.2) is 34.5 Å². The Kier molecular flexibility index (Phi) is 3.64. The highest BCUT2D eigenvalue weighted by Crippen LogP contribution is 2.30. The molecule has 2 N–H and O–H groups in total. The maximum Gasteiger partial charge on any atom is 0.243 e. The number of thiophene rings is 1. The van der Waals surface area contributed by atoms with E-state index in [9.17, 15) is 8.42 Å². The zero-order valence-corrected chi connectivity index (χ0v) is 13.2. The van der Waals surface area contributed by atoms with Gasteiger partial charge in [0.05, 0.1) is 17.7 Å². The summed E-state index contributed by atoms with van der Waals surface area (Å²) in [5.41, 5.74) is 7.26. The van der Waals surface area contributed by atoms with Crippen molar-refractivity contribution in [2.45, 2.75) is 17.9 Å². The molecular formula is C14H16N2O3S2. The second-order valence-corrected chi connectivity index (χ2v) is 7.80. The van der Waals surface area contributed by atoms with Gasteiger partial charge in [-0.3, -0.25) is 0 Å². The second kappa shape index (κ2) is 5.32. The molecule has 2 aromatic rings. The summed E-state index contributed by atoms with van der Waals surface area (Å²) in [5.74, 6) is 0.379. The van der Waals surface area contributed by atoms with Gasteiger partial charge in [0.1, 0.15) is 5.75 Å². The van der Waals surface area contributed by atoms with Crippen LogP contribution >= 0.6 is 11.3 Å². The van der Waals surface area contributed by atoms with Gasteiger partial charge in [0, 0.05) is 24.0 Å². The summed E-state index contributed by atoms with van der Waals surface area (Å²) >= 11 is 1.68. The lowest BCUT2D eigenvalue weighted by molar-refractivity contribution is 0.392. The number of anilines is 1. The highest BCUT2D eigenvalue weighted by molar-refractivity contribution is 7.89. The van der Waals surface area contributed by atoms with Crippen molar-refractivity contribution < 1.29 is 13.2 Å². The molecule has 112 valence electrons. The van der Waals surface area contributed by atoms with Gasteiger partial charge in [0.2, 0.25) is 10.0 Å². The summed E-state index contributed by atoms with van der Waals surface area (Å²) in [7, 11) is -2.06. The lowest BCUT2D eigenvalue weighted by Crippen LogP contribution is -2.35. The van der Waals surface area contributed by atoms with E-state index in [0.717, 1.165) is 12.0 Å². The molecule has 0 amide bonds. The Bertz CT molecular complexity index is 768. The molecule has 0 atom stereocenters. The van der Waals surface area contributed by atoms with Gasteiger partial charge < -0.3 is 10.5 Å². The largest absolute Gasteiger partial charge is 0.495 e. The van der Waals surface area contributed by atoms with Crippen LogP contribution in [0.2, 0.25) is 0 Å². The fourth-order valence-corrected chi connectivity index (χ4v) is 4.75. The number of ether oxygens (including phenoxy) is 1. The number of nitrogens with two attached hydrogens (primary N) is 1. The zero-order chi connectivity index (χ0) is 15.0. The minimum Gasteiger partial charge on any atom is -0.495 e. The Morgan fingerprint density at radius 2 is 2.14 bits per heavy atom. The lowest BCUT2D eigenvalue weighted by atomic mass is 10.1. The van der Waals surface area contributed by atoms with E-state index in [1.807, 2.05) is 11.4 Å². The van der Waals surface area contributed by atoms with E-state index in [0.29, 0.717) is 24.5 Å². The Morgan fingerprint density at radius 1 is 1.33 bits per heavy atom. The number of nitrogens with zero attached hydrogens (tertiary/aromatic N) is 1. The highest BCUT2D eigenvalue weighted by atomic mass is 32.2. The van der Waals surface area contributed by atoms with E-state index in [1.54, 1.807) is 17.4 Å². The molecule has 0 spiro atoms. The van der Waals surface area contributed by atoms with Crippen LogP contribution in [0.4, 0.5) is 5.69 Å². The molecule has 1 aliphatic heterocycles. The number of rotatable bonds is 3. The molecule has 3 rings (SSSR count). The van der Waals surface area contributed by atoms with Gasteiger partial charge in [0.15, 0.2) is 0 Å². The molecule has 1 aliphatic rings. The third-order valence-corrected chi connectivity index (χ3v) is 6.48. The van der Waals surface area contributed by atoms with Gasteiger partial charge in [-0.05, 0) is 35.6 Å². The SMILES string of the molecule is COc1cc(S(=O)(=O)N2CCc3sccc3C2)ccc1N. The summed E-state index contributed by atoms with van der Waals surface area (Å²) in [4.78, 5) is 1.49. The first-order valence-electron chi connectivity index (χ1n) is 6.51. The summed E-state index contributed by atoms with van der Waals surface area (Å²) in [5, 5.41) is 2.01. The molecule has 2 heterocycles. The summed E-state index contributed by atoms with van der Waals surface area (Å²) in [6, 6.07) is 6.56. The van der Waals surface area contributed by atoms with Crippen LogP contribution in [0.3, 0.4) is 0 Å². The van der Waals surface area contributed by atoms with E-state index in [-0.39, 0.29) is 4.90 Å². The third kappa shape index (κ3) is 2.52. The molecule has 0 saturated heterocycles. The third-order valence-electron chi connectivity index (χ3n) is 3.62. The average Bonchev–Trinajstić information content (AvgIpc) is 2.94. The molecule has 0 aliphatic carbocycles. The lowest BCUT2D eigenvalue weighted by Gasteiger charge is -2.26. The number of fused-ring (bicyclic) bond motifs is 1. The average molecular weight is 324 g/mol. The van der Waals surface area contributed by atoms with Crippen molar-refractivity contribution in [1.82, 2.24) is 4.31 Å². The van der Waals surface area contributed by atoms with Gasteiger partial charge in [-0.1, -0.05) is 0 Å². The minimum absolute atomic E-state index is 0.215. The maximum absolute atomic E-state index is 12.7. The Labute approximate surface area is 128 Å². The molecule has 1 aromatic carbocycles. The minimum atomic E-state index is -3.53. The monoisotopic (exact) mass is 324 g/mol. The number of benzene rings is 1. The number of sulfonamides is 1. The smallest absolute Gasteiger partial charge is 0.243 e. The van der Waals surface area contributed by atoms with E-state index in [1.165, 1.54) is 28.4 Å². The topological polar surface area (TPSA) is 72.6 Å². The molecule has 1 aromatic heterocycles. The van der Waals surface area contributed by atoms with Crippen molar-refractivity contribution in [3.8, 4) is 5.75 Å². The van der Waals surface area contributed by atoms with Crippen molar-refractivity contribution in [1.29, 1.82) is 0 Å². The molecular weight excluding hydrogens is 308 g/mol. The van der Waals surface area contributed by atoms with Crippen molar-refractivity contribution in [2.75, 3.05) is 19.4 Å². The molecule has 7 heteroatoms. The first kappa shape index (κ1) is 14.4. The molecule has 0 unspecified atom stereocenters. The predicted octanol–water partition coefficient (Wildman–Crippen LogP) is 2.09.